The predicted molar refractivity (Wildman–Crippen MR) is 57.7 cm³/mol. The maximum Gasteiger partial charge on any atom is 0.342 e. The molecule has 15 heavy (non-hydrogen) atoms. The predicted octanol–water partition coefficient (Wildman–Crippen LogP) is 1.99. The highest BCUT2D eigenvalue weighted by atomic mass is 127. The van der Waals surface area contributed by atoms with E-state index in [-0.39, 0.29) is 15.0 Å². The van der Waals surface area contributed by atoms with E-state index < -0.39 is 18.0 Å². The molecule has 0 atom stereocenters. The summed E-state index contributed by atoms with van der Waals surface area (Å²) in [7, 11) is 1.15. The van der Waals surface area contributed by atoms with E-state index in [0.717, 1.165) is 13.3 Å². The van der Waals surface area contributed by atoms with Crippen LogP contribution in [0.5, 0.6) is 0 Å². The smallest absolute Gasteiger partial charge is 0.342 e. The van der Waals surface area contributed by atoms with Crippen LogP contribution in [0.3, 0.4) is 0 Å². The van der Waals surface area contributed by atoms with Crippen molar-refractivity contribution in [2.45, 2.75) is 6.43 Å². The van der Waals surface area contributed by atoms with Gasteiger partial charge >= 0.3 is 5.97 Å². The van der Waals surface area contributed by atoms with Crippen LogP contribution in [0.1, 0.15) is 22.3 Å². The van der Waals surface area contributed by atoms with Crippen molar-refractivity contribution >= 4 is 34.2 Å². The van der Waals surface area contributed by atoms with Gasteiger partial charge in [-0.3, -0.25) is 0 Å². The molecule has 82 valence electrons. The van der Waals surface area contributed by atoms with Crippen molar-refractivity contribution in [1.82, 2.24) is 4.98 Å². The Bertz CT molecular complexity index is 398. The van der Waals surface area contributed by atoms with Crippen LogP contribution in [-0.4, -0.2) is 18.1 Å². The molecule has 4 nitrogen and oxygen atoms in total. The standard InChI is InChI=1S/C8H7F2IN2O2/c1-15-8(14)4-5(12)3(6(9)10)2-13-7(4)11/h2,6H,1H3,(H2,12,13). The average molecular weight is 328 g/mol. The SMILES string of the molecule is COC(=O)c1c(I)ncc(C(F)F)c1N. The highest BCUT2D eigenvalue weighted by Gasteiger charge is 2.22. The molecule has 0 aliphatic rings. The average Bonchev–Trinajstić information content (AvgIpc) is 2.16. The Morgan fingerprint density at radius 3 is 2.73 bits per heavy atom. The summed E-state index contributed by atoms with van der Waals surface area (Å²) in [4.78, 5) is 14.9. The number of aromatic nitrogens is 1. The molecular formula is C8H7F2IN2O2. The largest absolute Gasteiger partial charge is 0.465 e. The number of ether oxygens (including phenoxy) is 1. The van der Waals surface area contributed by atoms with Crippen LogP contribution in [0.4, 0.5) is 14.5 Å². The number of esters is 1. The monoisotopic (exact) mass is 328 g/mol. The minimum atomic E-state index is -2.77. The van der Waals surface area contributed by atoms with E-state index in [1.165, 1.54) is 0 Å². The van der Waals surface area contributed by atoms with E-state index in [1.54, 1.807) is 22.6 Å². The van der Waals surface area contributed by atoms with Crippen LogP contribution >= 0.6 is 22.6 Å². The lowest BCUT2D eigenvalue weighted by atomic mass is 10.1. The zero-order chi connectivity index (χ0) is 11.6. The van der Waals surface area contributed by atoms with Gasteiger partial charge in [0.05, 0.1) is 18.4 Å². The molecular weight excluding hydrogens is 321 g/mol. The number of rotatable bonds is 2. The van der Waals surface area contributed by atoms with Crippen molar-refractivity contribution < 1.29 is 18.3 Å². The summed E-state index contributed by atoms with van der Waals surface area (Å²) in [5.41, 5.74) is 4.58. The molecule has 0 amide bonds. The molecule has 1 aromatic rings. The van der Waals surface area contributed by atoms with E-state index in [2.05, 4.69) is 9.72 Å². The second kappa shape index (κ2) is 4.69. The fraction of sp³-hybridized carbons (Fsp3) is 0.250. The van der Waals surface area contributed by atoms with Crippen molar-refractivity contribution in [1.29, 1.82) is 0 Å². The van der Waals surface area contributed by atoms with Gasteiger partial charge in [-0.25, -0.2) is 18.6 Å². The lowest BCUT2D eigenvalue weighted by molar-refractivity contribution is 0.0599. The van der Waals surface area contributed by atoms with Crippen molar-refractivity contribution in [3.63, 3.8) is 0 Å². The first-order valence-electron chi connectivity index (χ1n) is 3.79. The number of nitrogen functional groups attached to an aromatic ring is 1. The van der Waals surface area contributed by atoms with Gasteiger partial charge in [-0.2, -0.15) is 0 Å². The topological polar surface area (TPSA) is 65.2 Å². The second-order valence-electron chi connectivity index (χ2n) is 2.59. The van der Waals surface area contributed by atoms with Crippen LogP contribution < -0.4 is 5.73 Å². The first-order chi connectivity index (χ1) is 6.99. The summed E-state index contributed by atoms with van der Waals surface area (Å²) < 4.78 is 29.5. The molecule has 0 aromatic carbocycles. The quantitative estimate of drug-likeness (QED) is 0.512. The summed E-state index contributed by atoms with van der Waals surface area (Å²) in [5.74, 6) is -0.771. The zero-order valence-electron chi connectivity index (χ0n) is 7.63. The van der Waals surface area contributed by atoms with E-state index >= 15 is 0 Å². The minimum absolute atomic E-state index is 0.115. The Labute approximate surface area is 98.0 Å². The van der Waals surface area contributed by atoms with Gasteiger partial charge in [-0.15, -0.1) is 0 Å². The van der Waals surface area contributed by atoms with Crippen LogP contribution in [0.15, 0.2) is 6.20 Å². The number of halogens is 3. The summed E-state index contributed by atoms with van der Waals surface area (Å²) in [6.45, 7) is 0. The molecule has 0 radical (unpaired) electrons. The maximum atomic E-state index is 12.4. The molecule has 0 spiro atoms. The molecule has 0 fully saturated rings. The first-order valence-corrected chi connectivity index (χ1v) is 4.87. The third kappa shape index (κ3) is 2.33. The van der Waals surface area contributed by atoms with Gasteiger partial charge in [-0.1, -0.05) is 0 Å². The Morgan fingerprint density at radius 2 is 2.27 bits per heavy atom. The van der Waals surface area contributed by atoms with Gasteiger partial charge in [0.15, 0.2) is 0 Å². The Morgan fingerprint density at radius 1 is 1.67 bits per heavy atom. The molecule has 7 heteroatoms. The summed E-state index contributed by atoms with van der Waals surface area (Å²) >= 11 is 1.73. The van der Waals surface area contributed by atoms with E-state index in [4.69, 9.17) is 5.73 Å². The number of hydrogen-bond donors (Lipinski definition) is 1. The van der Waals surface area contributed by atoms with Crippen LogP contribution in [-0.2, 0) is 4.74 Å². The third-order valence-corrected chi connectivity index (χ3v) is 2.55. The first kappa shape index (κ1) is 12.1. The highest BCUT2D eigenvalue weighted by Crippen LogP contribution is 2.29. The van der Waals surface area contributed by atoms with Crippen LogP contribution in [0.2, 0.25) is 0 Å². The molecule has 0 bridgehead atoms. The number of anilines is 1. The highest BCUT2D eigenvalue weighted by molar-refractivity contribution is 14.1. The van der Waals surface area contributed by atoms with Crippen molar-refractivity contribution in [3.8, 4) is 0 Å². The Kier molecular flexibility index (Phi) is 3.77. The van der Waals surface area contributed by atoms with Gasteiger partial charge in [0, 0.05) is 6.20 Å². The normalized spacial score (nSPS) is 10.5. The number of nitrogens with two attached hydrogens (primary N) is 1. The number of methoxy groups -OCH3 is 1. The lowest BCUT2D eigenvalue weighted by Crippen LogP contribution is -2.12. The summed E-state index contributed by atoms with van der Waals surface area (Å²) in [6, 6.07) is 0. The molecule has 0 saturated carbocycles. The molecule has 2 N–H and O–H groups in total. The van der Waals surface area contributed by atoms with E-state index in [0.29, 0.717) is 0 Å². The number of nitrogens with zero attached hydrogens (tertiary/aromatic N) is 1. The molecule has 0 saturated heterocycles. The summed E-state index contributed by atoms with van der Waals surface area (Å²) in [5, 5.41) is 0. The van der Waals surface area contributed by atoms with Gasteiger partial charge in [0.1, 0.15) is 9.26 Å². The fourth-order valence-corrected chi connectivity index (χ4v) is 1.64. The third-order valence-electron chi connectivity index (χ3n) is 1.73. The molecule has 1 rings (SSSR count). The number of carbonyl (C=O) groups excluding carboxylic acids is 1. The number of carbonyl (C=O) groups is 1. The number of alkyl halides is 2. The van der Waals surface area contributed by atoms with E-state index in [9.17, 15) is 13.6 Å². The molecule has 1 heterocycles. The van der Waals surface area contributed by atoms with Crippen LogP contribution in [0, 0.1) is 3.70 Å². The molecule has 1 aromatic heterocycles. The van der Waals surface area contributed by atoms with Crippen molar-refractivity contribution in [2.75, 3.05) is 12.8 Å². The van der Waals surface area contributed by atoms with Crippen molar-refractivity contribution in [2.24, 2.45) is 0 Å². The zero-order valence-corrected chi connectivity index (χ0v) is 9.79. The minimum Gasteiger partial charge on any atom is -0.465 e. The van der Waals surface area contributed by atoms with Crippen molar-refractivity contribution in [3.05, 3.63) is 21.0 Å². The molecule has 0 unspecified atom stereocenters. The van der Waals surface area contributed by atoms with Gasteiger partial charge in [0.25, 0.3) is 6.43 Å². The number of pyridine rings is 1. The number of hydrogen-bond acceptors (Lipinski definition) is 4. The fourth-order valence-electron chi connectivity index (χ4n) is 0.986. The Hall–Kier alpha value is -0.990. The molecule has 0 aliphatic carbocycles. The second-order valence-corrected chi connectivity index (χ2v) is 3.61. The lowest BCUT2D eigenvalue weighted by Gasteiger charge is -2.09. The van der Waals surface area contributed by atoms with E-state index in [1.807, 2.05) is 0 Å². The molecule has 0 aliphatic heterocycles. The van der Waals surface area contributed by atoms with Crippen LogP contribution in [0.25, 0.3) is 0 Å². The maximum absolute atomic E-state index is 12.4. The summed E-state index contributed by atoms with van der Waals surface area (Å²) in [6.07, 6.45) is -1.81. The van der Waals surface area contributed by atoms with Gasteiger partial charge < -0.3 is 10.5 Å². The van der Waals surface area contributed by atoms with Gasteiger partial charge in [-0.05, 0) is 22.6 Å². The van der Waals surface area contributed by atoms with Gasteiger partial charge in [0.2, 0.25) is 0 Å². The Balaban J connectivity index is 3.36.